The van der Waals surface area contributed by atoms with Gasteiger partial charge in [0.15, 0.2) is 5.82 Å². The molecule has 0 bridgehead atoms. The van der Waals surface area contributed by atoms with Crippen LogP contribution in [-0.2, 0) is 9.53 Å². The summed E-state index contributed by atoms with van der Waals surface area (Å²) in [5.74, 6) is -0.873. The van der Waals surface area contributed by atoms with Crippen LogP contribution in [0, 0.1) is 27.3 Å². The molecule has 1 atom stereocenters. The lowest BCUT2D eigenvalue weighted by molar-refractivity contribution is -0.385. The van der Waals surface area contributed by atoms with Gasteiger partial charge in [-0.2, -0.15) is 0 Å². The van der Waals surface area contributed by atoms with Crippen molar-refractivity contribution in [2.45, 2.75) is 26.7 Å². The number of anilines is 1. The van der Waals surface area contributed by atoms with Crippen molar-refractivity contribution in [3.05, 3.63) is 34.1 Å². The number of hydrogen-bond donors (Lipinski definition) is 0. The standard InChI is InChI=1S/C16H21FN2O4/c1-16(2,15(20)23-3)11-5-4-8-18(10-11)14-7-6-12(19(21)22)9-13(14)17/h6-7,9,11H,4-5,8,10H2,1-3H3. The summed E-state index contributed by atoms with van der Waals surface area (Å²) < 4.78 is 19.1. The minimum Gasteiger partial charge on any atom is -0.469 e. The summed E-state index contributed by atoms with van der Waals surface area (Å²) in [6, 6.07) is 3.67. The Balaban J connectivity index is 2.22. The molecule has 1 aliphatic rings. The van der Waals surface area contributed by atoms with Crippen LogP contribution in [0.3, 0.4) is 0 Å². The Morgan fingerprint density at radius 1 is 1.48 bits per heavy atom. The molecule has 0 amide bonds. The number of methoxy groups -OCH3 is 1. The van der Waals surface area contributed by atoms with Gasteiger partial charge in [0.1, 0.15) is 0 Å². The van der Waals surface area contributed by atoms with Gasteiger partial charge in [0, 0.05) is 19.2 Å². The molecule has 1 aromatic carbocycles. The van der Waals surface area contributed by atoms with Crippen molar-refractivity contribution >= 4 is 17.3 Å². The van der Waals surface area contributed by atoms with Crippen LogP contribution in [0.4, 0.5) is 15.8 Å². The number of carbonyl (C=O) groups excluding carboxylic acids is 1. The third kappa shape index (κ3) is 3.43. The van der Waals surface area contributed by atoms with Crippen LogP contribution < -0.4 is 4.90 Å². The maximum absolute atomic E-state index is 14.2. The second kappa shape index (κ2) is 6.52. The van der Waals surface area contributed by atoms with E-state index in [1.807, 2.05) is 18.7 Å². The molecule has 126 valence electrons. The zero-order valence-electron chi connectivity index (χ0n) is 13.5. The SMILES string of the molecule is COC(=O)C(C)(C)C1CCCN(c2ccc([N+](=O)[O-])cc2F)C1. The second-order valence-corrected chi connectivity index (χ2v) is 6.39. The van der Waals surface area contributed by atoms with Crippen molar-refractivity contribution in [2.75, 3.05) is 25.1 Å². The molecular weight excluding hydrogens is 303 g/mol. The number of halogens is 1. The molecule has 7 heteroatoms. The largest absolute Gasteiger partial charge is 0.469 e. The number of non-ortho nitro benzene ring substituents is 1. The molecule has 6 nitrogen and oxygen atoms in total. The first-order valence-electron chi connectivity index (χ1n) is 7.54. The van der Waals surface area contributed by atoms with Crippen LogP contribution in [0.1, 0.15) is 26.7 Å². The van der Waals surface area contributed by atoms with Crippen LogP contribution in [0.25, 0.3) is 0 Å². The summed E-state index contributed by atoms with van der Waals surface area (Å²) in [5, 5.41) is 10.7. The highest BCUT2D eigenvalue weighted by Crippen LogP contribution is 2.37. The number of ether oxygens (including phenoxy) is 1. The number of piperidine rings is 1. The van der Waals surface area contributed by atoms with Crippen LogP contribution >= 0.6 is 0 Å². The molecule has 0 aromatic heterocycles. The van der Waals surface area contributed by atoms with E-state index in [4.69, 9.17) is 4.74 Å². The van der Waals surface area contributed by atoms with Crippen molar-refractivity contribution in [2.24, 2.45) is 11.3 Å². The number of nitrogens with zero attached hydrogens (tertiary/aromatic N) is 2. The first-order valence-corrected chi connectivity index (χ1v) is 7.54. The van der Waals surface area contributed by atoms with E-state index in [0.717, 1.165) is 18.9 Å². The molecule has 2 rings (SSSR count). The smallest absolute Gasteiger partial charge is 0.311 e. The Bertz CT molecular complexity index is 618. The Morgan fingerprint density at radius 3 is 2.74 bits per heavy atom. The summed E-state index contributed by atoms with van der Waals surface area (Å²) in [4.78, 5) is 23.9. The van der Waals surface area contributed by atoms with Gasteiger partial charge in [0.2, 0.25) is 0 Å². The molecule has 23 heavy (non-hydrogen) atoms. The average molecular weight is 324 g/mol. The monoisotopic (exact) mass is 324 g/mol. The van der Waals surface area contributed by atoms with E-state index < -0.39 is 16.2 Å². The number of esters is 1. The highest BCUT2D eigenvalue weighted by atomic mass is 19.1. The molecule has 1 aromatic rings. The van der Waals surface area contributed by atoms with E-state index in [1.165, 1.54) is 19.2 Å². The van der Waals surface area contributed by atoms with E-state index in [1.54, 1.807) is 0 Å². The minimum absolute atomic E-state index is 0.0262. The van der Waals surface area contributed by atoms with Crippen molar-refractivity contribution in [1.29, 1.82) is 0 Å². The fraction of sp³-hybridized carbons (Fsp3) is 0.562. The zero-order valence-corrected chi connectivity index (χ0v) is 13.5. The molecular formula is C16H21FN2O4. The Kier molecular flexibility index (Phi) is 4.87. The Morgan fingerprint density at radius 2 is 2.17 bits per heavy atom. The van der Waals surface area contributed by atoms with Crippen molar-refractivity contribution in [3.8, 4) is 0 Å². The van der Waals surface area contributed by atoms with Gasteiger partial charge < -0.3 is 9.64 Å². The second-order valence-electron chi connectivity index (χ2n) is 6.39. The highest BCUT2D eigenvalue weighted by molar-refractivity contribution is 5.76. The summed E-state index contributed by atoms with van der Waals surface area (Å²) in [6.07, 6.45) is 1.68. The molecule has 0 N–H and O–H groups in total. The average Bonchev–Trinajstić information content (AvgIpc) is 2.53. The van der Waals surface area contributed by atoms with Gasteiger partial charge in [-0.1, -0.05) is 0 Å². The van der Waals surface area contributed by atoms with Gasteiger partial charge in [-0.05, 0) is 38.7 Å². The first-order chi connectivity index (χ1) is 10.8. The van der Waals surface area contributed by atoms with Gasteiger partial charge in [-0.25, -0.2) is 4.39 Å². The fourth-order valence-corrected chi connectivity index (χ4v) is 3.08. The van der Waals surface area contributed by atoms with E-state index >= 15 is 0 Å². The highest BCUT2D eigenvalue weighted by Gasteiger charge is 2.40. The number of benzene rings is 1. The lowest BCUT2D eigenvalue weighted by atomic mass is 9.74. The molecule has 0 radical (unpaired) electrons. The maximum atomic E-state index is 14.2. The zero-order chi connectivity index (χ0) is 17.2. The molecule has 0 saturated carbocycles. The van der Waals surface area contributed by atoms with E-state index in [9.17, 15) is 19.3 Å². The first kappa shape index (κ1) is 17.2. The van der Waals surface area contributed by atoms with Gasteiger partial charge >= 0.3 is 5.97 Å². The topological polar surface area (TPSA) is 72.7 Å². The number of carbonyl (C=O) groups is 1. The Labute approximate surface area is 134 Å². The molecule has 0 aliphatic carbocycles. The maximum Gasteiger partial charge on any atom is 0.311 e. The lowest BCUT2D eigenvalue weighted by Crippen LogP contribution is -2.45. The third-order valence-corrected chi connectivity index (χ3v) is 4.64. The molecule has 1 heterocycles. The predicted octanol–water partition coefficient (Wildman–Crippen LogP) is 3.15. The molecule has 1 aliphatic heterocycles. The van der Waals surface area contributed by atoms with Crippen LogP contribution in [0.15, 0.2) is 18.2 Å². The van der Waals surface area contributed by atoms with Gasteiger partial charge in [0.05, 0.1) is 29.2 Å². The third-order valence-electron chi connectivity index (χ3n) is 4.64. The Hall–Kier alpha value is -2.18. The van der Waals surface area contributed by atoms with Crippen LogP contribution in [0.2, 0.25) is 0 Å². The van der Waals surface area contributed by atoms with Crippen molar-refractivity contribution < 1.29 is 18.8 Å². The number of rotatable bonds is 4. The van der Waals surface area contributed by atoms with Crippen LogP contribution in [-0.4, -0.2) is 31.1 Å². The van der Waals surface area contributed by atoms with E-state index in [2.05, 4.69) is 0 Å². The number of nitro groups is 1. The summed E-state index contributed by atoms with van der Waals surface area (Å²) in [5.41, 5.74) is -0.597. The molecule has 1 saturated heterocycles. The van der Waals surface area contributed by atoms with E-state index in [-0.39, 0.29) is 17.6 Å². The summed E-state index contributed by atoms with van der Waals surface area (Å²) in [7, 11) is 1.36. The number of nitro benzene ring substituents is 1. The predicted molar refractivity (Wildman–Crippen MR) is 83.8 cm³/mol. The van der Waals surface area contributed by atoms with Crippen LogP contribution in [0.5, 0.6) is 0 Å². The minimum atomic E-state index is -0.662. The van der Waals surface area contributed by atoms with Crippen molar-refractivity contribution in [3.63, 3.8) is 0 Å². The fourth-order valence-electron chi connectivity index (χ4n) is 3.08. The summed E-state index contributed by atoms with van der Waals surface area (Å²) in [6.45, 7) is 4.83. The van der Waals surface area contributed by atoms with Gasteiger partial charge in [-0.15, -0.1) is 0 Å². The van der Waals surface area contributed by atoms with Gasteiger partial charge in [0.25, 0.3) is 5.69 Å². The molecule has 1 fully saturated rings. The van der Waals surface area contributed by atoms with Crippen molar-refractivity contribution in [1.82, 2.24) is 0 Å². The quantitative estimate of drug-likeness (QED) is 0.483. The molecule has 1 unspecified atom stereocenters. The summed E-state index contributed by atoms with van der Waals surface area (Å²) >= 11 is 0. The van der Waals surface area contributed by atoms with Gasteiger partial charge in [-0.3, -0.25) is 14.9 Å². The van der Waals surface area contributed by atoms with E-state index in [0.29, 0.717) is 18.8 Å². The molecule has 0 spiro atoms. The number of hydrogen-bond acceptors (Lipinski definition) is 5. The normalized spacial score (nSPS) is 18.6. The lowest BCUT2D eigenvalue weighted by Gasteiger charge is -2.40.